The largest absolute Gasteiger partial charge is 0.396 e. The lowest BCUT2D eigenvalue weighted by atomic mass is 9.97. The highest BCUT2D eigenvalue weighted by atomic mass is 35.5. The SMILES string of the molecule is CC1COCCN1c1cc(N2CCC(CO)CC2)c2n[nH]c(Cl)c2n1. The van der Waals surface area contributed by atoms with E-state index in [4.69, 9.17) is 21.3 Å². The molecule has 2 aromatic rings. The number of aromatic amines is 1. The van der Waals surface area contributed by atoms with Gasteiger partial charge in [-0.3, -0.25) is 5.10 Å². The van der Waals surface area contributed by atoms with Crippen molar-refractivity contribution in [1.29, 1.82) is 0 Å². The van der Waals surface area contributed by atoms with Crippen LogP contribution < -0.4 is 9.80 Å². The minimum Gasteiger partial charge on any atom is -0.396 e. The summed E-state index contributed by atoms with van der Waals surface area (Å²) in [5, 5.41) is 17.1. The van der Waals surface area contributed by atoms with Crippen LogP contribution in [0, 0.1) is 5.92 Å². The molecule has 1 unspecified atom stereocenters. The average Bonchev–Trinajstić information content (AvgIpc) is 3.02. The molecule has 0 aromatic carbocycles. The summed E-state index contributed by atoms with van der Waals surface area (Å²) >= 11 is 6.30. The van der Waals surface area contributed by atoms with Crippen molar-refractivity contribution >= 4 is 34.1 Å². The molecule has 7 nitrogen and oxygen atoms in total. The van der Waals surface area contributed by atoms with Gasteiger partial charge in [0.15, 0.2) is 5.15 Å². The van der Waals surface area contributed by atoms with Crippen LogP contribution in [-0.4, -0.2) is 65.8 Å². The molecule has 2 aromatic heterocycles. The van der Waals surface area contributed by atoms with Crippen LogP contribution in [0.15, 0.2) is 6.07 Å². The number of nitrogens with one attached hydrogen (secondary N) is 1. The smallest absolute Gasteiger partial charge is 0.150 e. The quantitative estimate of drug-likeness (QED) is 0.866. The molecule has 136 valence electrons. The molecular weight excluding hydrogens is 342 g/mol. The van der Waals surface area contributed by atoms with Gasteiger partial charge in [0.1, 0.15) is 16.9 Å². The molecule has 0 amide bonds. The van der Waals surface area contributed by atoms with Crippen LogP contribution in [0.5, 0.6) is 0 Å². The second-order valence-electron chi connectivity index (χ2n) is 6.96. The minimum atomic E-state index is 0.268. The van der Waals surface area contributed by atoms with E-state index in [1.54, 1.807) is 0 Å². The standard InChI is InChI=1S/C17H24ClN5O2/c1-11-10-25-7-6-23(11)14-8-13(15-16(19-14)17(18)21-20-15)22-4-2-12(9-24)3-5-22/h8,11-12,24H,2-7,9-10H2,1H3,(H,20,21). The number of anilines is 2. The Labute approximate surface area is 151 Å². The number of nitrogens with zero attached hydrogens (tertiary/aromatic N) is 4. The number of halogens is 1. The Morgan fingerprint density at radius 1 is 1.32 bits per heavy atom. The maximum absolute atomic E-state index is 9.38. The maximum Gasteiger partial charge on any atom is 0.150 e. The van der Waals surface area contributed by atoms with Crippen LogP contribution in [0.1, 0.15) is 19.8 Å². The van der Waals surface area contributed by atoms with Gasteiger partial charge in [-0.15, -0.1) is 0 Å². The molecule has 0 radical (unpaired) electrons. The lowest BCUT2D eigenvalue weighted by molar-refractivity contribution is 0.0986. The molecule has 2 aliphatic heterocycles. The highest BCUT2D eigenvalue weighted by Crippen LogP contribution is 2.34. The molecule has 25 heavy (non-hydrogen) atoms. The summed E-state index contributed by atoms with van der Waals surface area (Å²) in [7, 11) is 0. The Balaban J connectivity index is 1.72. The van der Waals surface area contributed by atoms with E-state index < -0.39 is 0 Å². The van der Waals surface area contributed by atoms with Crippen LogP contribution in [-0.2, 0) is 4.74 Å². The number of aliphatic hydroxyl groups excluding tert-OH is 1. The molecule has 1 atom stereocenters. The second kappa shape index (κ2) is 6.97. The van der Waals surface area contributed by atoms with Crippen LogP contribution in [0.3, 0.4) is 0 Å². The van der Waals surface area contributed by atoms with Crippen molar-refractivity contribution in [1.82, 2.24) is 15.2 Å². The van der Waals surface area contributed by atoms with Crippen molar-refractivity contribution in [3.8, 4) is 0 Å². The van der Waals surface area contributed by atoms with E-state index >= 15 is 0 Å². The molecule has 8 heteroatoms. The Bertz CT molecular complexity index is 744. The zero-order valence-electron chi connectivity index (χ0n) is 14.4. The van der Waals surface area contributed by atoms with Crippen molar-refractivity contribution in [2.45, 2.75) is 25.8 Å². The third kappa shape index (κ3) is 3.16. The average molecular weight is 366 g/mol. The monoisotopic (exact) mass is 365 g/mol. The van der Waals surface area contributed by atoms with Crippen molar-refractivity contribution in [3.63, 3.8) is 0 Å². The number of morpholine rings is 1. The third-order valence-electron chi connectivity index (χ3n) is 5.31. The summed E-state index contributed by atoms with van der Waals surface area (Å²) in [5.74, 6) is 1.32. The van der Waals surface area contributed by atoms with Gasteiger partial charge < -0.3 is 19.6 Å². The van der Waals surface area contributed by atoms with Crippen molar-refractivity contribution in [3.05, 3.63) is 11.2 Å². The maximum atomic E-state index is 9.38. The first-order valence-corrected chi connectivity index (χ1v) is 9.30. The van der Waals surface area contributed by atoms with Gasteiger partial charge >= 0.3 is 0 Å². The molecule has 2 fully saturated rings. The number of rotatable bonds is 3. The summed E-state index contributed by atoms with van der Waals surface area (Å²) in [4.78, 5) is 9.38. The third-order valence-corrected chi connectivity index (χ3v) is 5.57. The van der Waals surface area contributed by atoms with Crippen LogP contribution in [0.4, 0.5) is 11.5 Å². The van der Waals surface area contributed by atoms with Crippen molar-refractivity contribution < 1.29 is 9.84 Å². The molecule has 2 saturated heterocycles. The number of pyridine rings is 1. The van der Waals surface area contributed by atoms with E-state index in [-0.39, 0.29) is 12.6 Å². The van der Waals surface area contributed by atoms with E-state index in [0.717, 1.165) is 55.0 Å². The van der Waals surface area contributed by atoms with Crippen LogP contribution in [0.2, 0.25) is 5.15 Å². The summed E-state index contributed by atoms with van der Waals surface area (Å²) in [5.41, 5.74) is 2.60. The Kier molecular flexibility index (Phi) is 4.71. The highest BCUT2D eigenvalue weighted by Gasteiger charge is 2.26. The van der Waals surface area contributed by atoms with Gasteiger partial charge in [0.25, 0.3) is 0 Å². The fourth-order valence-electron chi connectivity index (χ4n) is 3.75. The molecule has 4 heterocycles. The van der Waals surface area contributed by atoms with Crippen LogP contribution >= 0.6 is 11.6 Å². The molecule has 0 saturated carbocycles. The van der Waals surface area contributed by atoms with E-state index in [1.807, 2.05) is 0 Å². The zero-order valence-corrected chi connectivity index (χ0v) is 15.2. The van der Waals surface area contributed by atoms with Crippen LogP contribution in [0.25, 0.3) is 11.0 Å². The minimum absolute atomic E-state index is 0.268. The Morgan fingerprint density at radius 3 is 2.84 bits per heavy atom. The first-order valence-electron chi connectivity index (χ1n) is 8.92. The lowest BCUT2D eigenvalue weighted by Crippen LogP contribution is -2.44. The molecule has 2 aliphatic rings. The number of hydrogen-bond donors (Lipinski definition) is 2. The fourth-order valence-corrected chi connectivity index (χ4v) is 3.92. The Morgan fingerprint density at radius 2 is 2.12 bits per heavy atom. The van der Waals surface area contributed by atoms with E-state index in [0.29, 0.717) is 24.3 Å². The normalized spacial score (nSPS) is 22.8. The van der Waals surface area contributed by atoms with Crippen molar-refractivity contribution in [2.75, 3.05) is 49.3 Å². The van der Waals surface area contributed by atoms with E-state index in [9.17, 15) is 5.11 Å². The molecule has 0 aliphatic carbocycles. The molecular formula is C17H24ClN5O2. The molecule has 0 spiro atoms. The predicted octanol–water partition coefficient (Wildman–Crippen LogP) is 2.05. The van der Waals surface area contributed by atoms with E-state index in [2.05, 4.69) is 33.0 Å². The summed E-state index contributed by atoms with van der Waals surface area (Å²) in [6.45, 7) is 6.47. The lowest BCUT2D eigenvalue weighted by Gasteiger charge is -2.36. The fraction of sp³-hybridized carbons (Fsp3) is 0.647. The topological polar surface area (TPSA) is 77.5 Å². The van der Waals surface area contributed by atoms with Gasteiger partial charge in [-0.05, 0) is 25.7 Å². The number of aliphatic hydroxyl groups is 1. The zero-order chi connectivity index (χ0) is 17.4. The number of fused-ring (bicyclic) bond motifs is 1. The number of H-pyrrole nitrogens is 1. The van der Waals surface area contributed by atoms with Gasteiger partial charge in [-0.2, -0.15) is 5.10 Å². The molecule has 4 rings (SSSR count). The summed E-state index contributed by atoms with van der Waals surface area (Å²) in [6, 6.07) is 2.40. The summed E-state index contributed by atoms with van der Waals surface area (Å²) < 4.78 is 5.55. The van der Waals surface area contributed by atoms with Gasteiger partial charge in [-0.1, -0.05) is 11.6 Å². The number of hydrogen-bond acceptors (Lipinski definition) is 6. The number of ether oxygens (including phenoxy) is 1. The number of aromatic nitrogens is 3. The summed E-state index contributed by atoms with van der Waals surface area (Å²) in [6.07, 6.45) is 1.98. The van der Waals surface area contributed by atoms with Crippen molar-refractivity contribution in [2.24, 2.45) is 5.92 Å². The first kappa shape index (κ1) is 16.9. The predicted molar refractivity (Wildman–Crippen MR) is 98.5 cm³/mol. The molecule has 2 N–H and O–H groups in total. The highest BCUT2D eigenvalue weighted by molar-refractivity contribution is 6.34. The first-order chi connectivity index (χ1) is 12.2. The van der Waals surface area contributed by atoms with Gasteiger partial charge in [0, 0.05) is 32.3 Å². The van der Waals surface area contributed by atoms with Gasteiger partial charge in [0.05, 0.1) is 24.9 Å². The number of piperidine rings is 1. The second-order valence-corrected chi connectivity index (χ2v) is 7.34. The van der Waals surface area contributed by atoms with E-state index in [1.165, 1.54) is 0 Å². The van der Waals surface area contributed by atoms with Gasteiger partial charge in [-0.25, -0.2) is 4.98 Å². The van der Waals surface area contributed by atoms with Gasteiger partial charge in [0.2, 0.25) is 0 Å². The Hall–Kier alpha value is -1.57. The molecule has 0 bridgehead atoms.